The molecule has 0 N–H and O–H groups in total. The van der Waals surface area contributed by atoms with Crippen LogP contribution in [0.15, 0.2) is 120 Å². The fraction of sp³-hybridized carbons (Fsp3) is 0.512. The molecule has 4 unspecified atom stereocenters. The maximum absolute atomic E-state index is 5.47. The number of allylic oxidation sites excluding steroid dienone is 19. The molecule has 0 radical (unpaired) electrons. The molecule has 0 saturated carbocycles. The molecule has 0 spiro atoms. The van der Waals surface area contributed by atoms with Gasteiger partial charge < -0.3 is 4.74 Å². The van der Waals surface area contributed by atoms with E-state index in [2.05, 4.69) is 173 Å². The van der Waals surface area contributed by atoms with Gasteiger partial charge in [-0.3, -0.25) is 0 Å². The first kappa shape index (κ1) is 39.4. The van der Waals surface area contributed by atoms with Gasteiger partial charge in [0.05, 0.1) is 5.60 Å². The van der Waals surface area contributed by atoms with Crippen LogP contribution in [-0.2, 0) is 4.74 Å². The summed E-state index contributed by atoms with van der Waals surface area (Å²) in [6.07, 6.45) is 43.5. The van der Waals surface area contributed by atoms with Gasteiger partial charge in [-0.2, -0.15) is 0 Å². The Morgan fingerprint density at radius 3 is 1.81 bits per heavy atom. The van der Waals surface area contributed by atoms with Gasteiger partial charge in [0.1, 0.15) is 0 Å². The van der Waals surface area contributed by atoms with Gasteiger partial charge in [0, 0.05) is 7.11 Å². The highest BCUT2D eigenvalue weighted by Gasteiger charge is 2.13. The Morgan fingerprint density at radius 2 is 1.17 bits per heavy atom. The zero-order valence-corrected chi connectivity index (χ0v) is 29.1. The lowest BCUT2D eigenvalue weighted by Gasteiger charge is -2.20. The summed E-state index contributed by atoms with van der Waals surface area (Å²) >= 11 is 0. The molecule has 0 bridgehead atoms. The van der Waals surface area contributed by atoms with Crippen LogP contribution >= 0.6 is 0 Å². The zero-order chi connectivity index (χ0) is 31.8. The molecule has 0 aliphatic rings. The third-order valence-electron chi connectivity index (χ3n) is 7.08. The lowest BCUT2D eigenvalue weighted by Crippen LogP contribution is -2.20. The molecule has 0 rings (SSSR count). The van der Waals surface area contributed by atoms with Crippen molar-refractivity contribution in [1.82, 2.24) is 0 Å². The standard InChI is InChI=1S/C41H64O/c1-34(2)20-14-23-37(5)26-17-29-38(6)27-15-24-35(3)21-12-13-22-36(4)25-16-28-39(7)30-18-31-40(8)32-19-33-41(9,10)42-11/h12-13,15-22,25-29,31-32,35-36,38,40H,14,23-24,30,33H2,1-11H3/b21-12+,22-13+,25-16+,27-15+,29-17+,31-18+,32-19+,37-26+,39-28+. The van der Waals surface area contributed by atoms with Crippen molar-refractivity contribution < 1.29 is 4.74 Å². The van der Waals surface area contributed by atoms with Gasteiger partial charge in [-0.25, -0.2) is 0 Å². The van der Waals surface area contributed by atoms with Gasteiger partial charge >= 0.3 is 0 Å². The molecule has 0 fully saturated rings. The number of ether oxygens (including phenoxy) is 1. The minimum Gasteiger partial charge on any atom is -0.378 e. The van der Waals surface area contributed by atoms with E-state index in [1.54, 1.807) is 7.11 Å². The van der Waals surface area contributed by atoms with E-state index in [1.165, 1.54) is 16.7 Å². The topological polar surface area (TPSA) is 9.23 Å². The number of hydrogen-bond acceptors (Lipinski definition) is 1. The molecule has 0 aromatic carbocycles. The average Bonchev–Trinajstić information content (AvgIpc) is 2.91. The summed E-state index contributed by atoms with van der Waals surface area (Å²) in [6.45, 7) is 21.9. The number of rotatable bonds is 20. The van der Waals surface area contributed by atoms with E-state index in [0.29, 0.717) is 23.7 Å². The van der Waals surface area contributed by atoms with Crippen LogP contribution in [0.5, 0.6) is 0 Å². The lowest BCUT2D eigenvalue weighted by molar-refractivity contribution is 0.0254. The monoisotopic (exact) mass is 572 g/mol. The summed E-state index contributed by atoms with van der Waals surface area (Å²) in [5, 5.41) is 0. The Bertz CT molecular complexity index is 1010. The number of hydrogen-bond donors (Lipinski definition) is 0. The molecule has 1 heteroatoms. The molecule has 0 saturated heterocycles. The van der Waals surface area contributed by atoms with Crippen LogP contribution in [-0.4, -0.2) is 12.7 Å². The third-order valence-corrected chi connectivity index (χ3v) is 7.08. The van der Waals surface area contributed by atoms with E-state index in [4.69, 9.17) is 4.74 Å². The van der Waals surface area contributed by atoms with Crippen LogP contribution in [0.1, 0.15) is 101 Å². The van der Waals surface area contributed by atoms with Crippen LogP contribution in [0.3, 0.4) is 0 Å². The summed E-state index contributed by atoms with van der Waals surface area (Å²) < 4.78 is 5.47. The van der Waals surface area contributed by atoms with Crippen molar-refractivity contribution in [1.29, 1.82) is 0 Å². The Kier molecular flexibility index (Phi) is 22.4. The maximum Gasteiger partial charge on any atom is 0.0657 e. The Morgan fingerprint density at radius 1 is 0.643 bits per heavy atom. The fourth-order valence-electron chi connectivity index (χ4n) is 3.92. The molecular formula is C41H64O. The highest BCUT2D eigenvalue weighted by Crippen LogP contribution is 2.15. The first-order valence-electron chi connectivity index (χ1n) is 16.1. The smallest absolute Gasteiger partial charge is 0.0657 e. The number of methoxy groups -OCH3 is 1. The van der Waals surface area contributed by atoms with Crippen molar-refractivity contribution in [3.05, 3.63) is 120 Å². The summed E-state index contributed by atoms with van der Waals surface area (Å²) in [6, 6.07) is 0. The van der Waals surface area contributed by atoms with Crippen LogP contribution in [0, 0.1) is 23.7 Å². The molecule has 0 aliphatic heterocycles. The summed E-state index contributed by atoms with van der Waals surface area (Å²) in [7, 11) is 1.77. The SMILES string of the molecule is COC(C)(C)C/C=C/C(C)/C=C/C/C(C)=C/C=C/C(C)/C=C/C=C/C(C)C/C=C/C(C)/C=C/C=C(\C)CCC=C(C)C. The Labute approximate surface area is 262 Å². The summed E-state index contributed by atoms with van der Waals surface area (Å²) in [5.74, 6) is 1.82. The van der Waals surface area contributed by atoms with Crippen molar-refractivity contribution in [3.8, 4) is 0 Å². The van der Waals surface area contributed by atoms with E-state index in [0.717, 1.165) is 32.1 Å². The van der Waals surface area contributed by atoms with Crippen molar-refractivity contribution in [2.45, 2.75) is 107 Å². The van der Waals surface area contributed by atoms with E-state index in [9.17, 15) is 0 Å². The Balaban J connectivity index is 4.41. The van der Waals surface area contributed by atoms with E-state index in [1.807, 2.05) is 0 Å². The molecular weight excluding hydrogens is 508 g/mol. The molecule has 0 heterocycles. The molecule has 1 nitrogen and oxygen atoms in total. The Hall–Kier alpha value is -2.64. The van der Waals surface area contributed by atoms with Crippen LogP contribution in [0.2, 0.25) is 0 Å². The predicted molar refractivity (Wildman–Crippen MR) is 192 cm³/mol. The average molecular weight is 573 g/mol. The maximum atomic E-state index is 5.47. The van der Waals surface area contributed by atoms with Crippen molar-refractivity contribution in [2.24, 2.45) is 23.7 Å². The molecule has 234 valence electrons. The molecule has 0 aliphatic carbocycles. The van der Waals surface area contributed by atoms with Gasteiger partial charge in [0.15, 0.2) is 0 Å². The van der Waals surface area contributed by atoms with Crippen molar-refractivity contribution >= 4 is 0 Å². The third kappa shape index (κ3) is 25.1. The highest BCUT2D eigenvalue weighted by molar-refractivity contribution is 5.17. The highest BCUT2D eigenvalue weighted by atomic mass is 16.5. The normalized spacial score (nSPS) is 17.2. The van der Waals surface area contributed by atoms with E-state index in [-0.39, 0.29) is 5.60 Å². The van der Waals surface area contributed by atoms with Crippen molar-refractivity contribution in [2.75, 3.05) is 7.11 Å². The lowest BCUT2D eigenvalue weighted by atomic mass is 10.0. The first-order valence-corrected chi connectivity index (χ1v) is 16.1. The minimum atomic E-state index is -0.0936. The van der Waals surface area contributed by atoms with Crippen LogP contribution in [0.4, 0.5) is 0 Å². The van der Waals surface area contributed by atoms with Gasteiger partial charge in [-0.15, -0.1) is 0 Å². The second-order valence-corrected chi connectivity index (χ2v) is 12.8. The van der Waals surface area contributed by atoms with Gasteiger partial charge in [-0.1, -0.05) is 148 Å². The second-order valence-electron chi connectivity index (χ2n) is 12.8. The second kappa shape index (κ2) is 23.9. The first-order chi connectivity index (χ1) is 19.8. The fourth-order valence-corrected chi connectivity index (χ4v) is 3.92. The molecule has 0 aromatic rings. The summed E-state index contributed by atoms with van der Waals surface area (Å²) in [5.41, 5.74) is 4.10. The minimum absolute atomic E-state index is 0.0936. The van der Waals surface area contributed by atoms with Gasteiger partial charge in [-0.05, 0) is 97.3 Å². The van der Waals surface area contributed by atoms with Crippen LogP contribution < -0.4 is 0 Å². The summed E-state index contributed by atoms with van der Waals surface area (Å²) in [4.78, 5) is 0. The van der Waals surface area contributed by atoms with Crippen molar-refractivity contribution in [3.63, 3.8) is 0 Å². The van der Waals surface area contributed by atoms with E-state index >= 15 is 0 Å². The van der Waals surface area contributed by atoms with Gasteiger partial charge in [0.2, 0.25) is 0 Å². The van der Waals surface area contributed by atoms with Crippen LogP contribution in [0.25, 0.3) is 0 Å². The predicted octanol–water partition coefficient (Wildman–Crippen LogP) is 12.7. The molecule has 0 amide bonds. The van der Waals surface area contributed by atoms with E-state index < -0.39 is 0 Å². The molecule has 4 atom stereocenters. The molecule has 42 heavy (non-hydrogen) atoms. The quantitative estimate of drug-likeness (QED) is 0.104. The molecule has 0 aromatic heterocycles. The van der Waals surface area contributed by atoms with Gasteiger partial charge in [0.25, 0.3) is 0 Å². The zero-order valence-electron chi connectivity index (χ0n) is 29.1. The largest absolute Gasteiger partial charge is 0.378 e.